The molecule has 22 heavy (non-hydrogen) atoms. The first-order chi connectivity index (χ1) is 10.9. The van der Waals surface area contributed by atoms with Gasteiger partial charge in [-0.15, -0.1) is 0 Å². The molecule has 1 aromatic heterocycles. The van der Waals surface area contributed by atoms with Crippen LogP contribution >= 0.6 is 11.3 Å². The summed E-state index contributed by atoms with van der Waals surface area (Å²) < 4.78 is 0. The maximum Gasteiger partial charge on any atom is 0.191 e. The van der Waals surface area contributed by atoms with Gasteiger partial charge in [0.05, 0.1) is 6.54 Å². The molecule has 1 aliphatic rings. The Hall–Kier alpha value is -1.81. The van der Waals surface area contributed by atoms with Crippen LogP contribution in [0.1, 0.15) is 30.4 Å². The molecule has 2 unspecified atom stereocenters. The largest absolute Gasteiger partial charge is 0.357 e. The Labute approximate surface area is 136 Å². The molecule has 2 atom stereocenters. The molecule has 0 saturated heterocycles. The van der Waals surface area contributed by atoms with Crippen LogP contribution in [0, 0.1) is 5.92 Å². The minimum absolute atomic E-state index is 0.716. The fourth-order valence-electron chi connectivity index (χ4n) is 2.70. The van der Waals surface area contributed by atoms with E-state index in [0.717, 1.165) is 31.5 Å². The number of nitrogens with zero attached hydrogens (tertiary/aromatic N) is 1. The van der Waals surface area contributed by atoms with Gasteiger partial charge in [0, 0.05) is 13.1 Å². The van der Waals surface area contributed by atoms with Gasteiger partial charge in [0.2, 0.25) is 0 Å². The fourth-order valence-corrected chi connectivity index (χ4v) is 3.36. The Bertz CT molecular complexity index is 592. The summed E-state index contributed by atoms with van der Waals surface area (Å²) in [6.07, 6.45) is 1.28. The molecule has 1 saturated carbocycles. The average molecular weight is 313 g/mol. The highest BCUT2D eigenvalue weighted by Gasteiger charge is 2.37. The van der Waals surface area contributed by atoms with Crippen molar-refractivity contribution < 1.29 is 0 Å². The van der Waals surface area contributed by atoms with E-state index in [1.54, 1.807) is 11.3 Å². The van der Waals surface area contributed by atoms with Crippen LogP contribution in [0.4, 0.5) is 0 Å². The lowest BCUT2D eigenvalue weighted by Crippen LogP contribution is -2.38. The van der Waals surface area contributed by atoms with Gasteiger partial charge in [-0.3, -0.25) is 0 Å². The van der Waals surface area contributed by atoms with Crippen molar-refractivity contribution in [3.63, 3.8) is 0 Å². The SMILES string of the molecule is CCNC(=NCc1ccsc1)NCC1CC1c1ccccc1. The summed E-state index contributed by atoms with van der Waals surface area (Å²) in [5, 5.41) is 11.1. The van der Waals surface area contributed by atoms with Crippen molar-refractivity contribution in [3.05, 3.63) is 58.3 Å². The molecule has 2 N–H and O–H groups in total. The second-order valence-electron chi connectivity index (χ2n) is 5.72. The van der Waals surface area contributed by atoms with Gasteiger partial charge in [0.15, 0.2) is 5.96 Å². The summed E-state index contributed by atoms with van der Waals surface area (Å²) in [6, 6.07) is 12.9. The first-order valence-corrected chi connectivity index (χ1v) is 8.89. The molecule has 1 aliphatic carbocycles. The topological polar surface area (TPSA) is 36.4 Å². The lowest BCUT2D eigenvalue weighted by molar-refractivity contribution is 0.720. The number of thiophene rings is 1. The molecule has 0 bridgehead atoms. The van der Waals surface area contributed by atoms with Crippen LogP contribution in [0.3, 0.4) is 0 Å². The molecular weight excluding hydrogens is 290 g/mol. The van der Waals surface area contributed by atoms with E-state index in [1.807, 2.05) is 0 Å². The predicted molar refractivity (Wildman–Crippen MR) is 94.4 cm³/mol. The van der Waals surface area contributed by atoms with Crippen molar-refractivity contribution in [2.24, 2.45) is 10.9 Å². The number of rotatable bonds is 6. The van der Waals surface area contributed by atoms with Gasteiger partial charge in [-0.2, -0.15) is 11.3 Å². The second kappa shape index (κ2) is 7.45. The number of hydrogen-bond acceptors (Lipinski definition) is 2. The second-order valence-corrected chi connectivity index (χ2v) is 6.50. The molecule has 1 fully saturated rings. The van der Waals surface area contributed by atoms with Gasteiger partial charge in [0.25, 0.3) is 0 Å². The summed E-state index contributed by atoms with van der Waals surface area (Å²) in [5.74, 6) is 2.37. The third kappa shape index (κ3) is 4.10. The minimum Gasteiger partial charge on any atom is -0.357 e. The van der Waals surface area contributed by atoms with E-state index in [9.17, 15) is 0 Å². The highest BCUT2D eigenvalue weighted by atomic mass is 32.1. The van der Waals surface area contributed by atoms with Crippen LogP contribution < -0.4 is 10.6 Å². The predicted octanol–water partition coefficient (Wildman–Crippen LogP) is 3.61. The number of benzene rings is 1. The highest BCUT2D eigenvalue weighted by Crippen LogP contribution is 2.46. The van der Waals surface area contributed by atoms with Gasteiger partial charge in [-0.1, -0.05) is 30.3 Å². The smallest absolute Gasteiger partial charge is 0.191 e. The van der Waals surface area contributed by atoms with Crippen molar-refractivity contribution in [2.45, 2.75) is 25.8 Å². The monoisotopic (exact) mass is 313 g/mol. The van der Waals surface area contributed by atoms with Gasteiger partial charge in [-0.25, -0.2) is 4.99 Å². The molecule has 0 amide bonds. The summed E-state index contributed by atoms with van der Waals surface area (Å²) in [5.41, 5.74) is 2.74. The molecule has 0 radical (unpaired) electrons. The quantitative estimate of drug-likeness (QED) is 0.631. The average Bonchev–Trinajstić information content (AvgIpc) is 3.15. The fraction of sp³-hybridized carbons (Fsp3) is 0.389. The van der Waals surface area contributed by atoms with Crippen LogP contribution in [0.25, 0.3) is 0 Å². The van der Waals surface area contributed by atoms with Gasteiger partial charge < -0.3 is 10.6 Å². The zero-order chi connectivity index (χ0) is 15.2. The molecule has 1 aromatic carbocycles. The highest BCUT2D eigenvalue weighted by molar-refractivity contribution is 7.07. The lowest BCUT2D eigenvalue weighted by atomic mass is 10.1. The van der Waals surface area contributed by atoms with E-state index in [0.29, 0.717) is 5.92 Å². The normalized spacial score (nSPS) is 20.7. The van der Waals surface area contributed by atoms with Crippen LogP contribution in [-0.2, 0) is 6.54 Å². The first-order valence-electron chi connectivity index (χ1n) is 7.95. The Morgan fingerprint density at radius 2 is 2.09 bits per heavy atom. The molecule has 0 aliphatic heterocycles. The third-order valence-electron chi connectivity index (χ3n) is 4.03. The number of aliphatic imine (C=N–C) groups is 1. The lowest BCUT2D eigenvalue weighted by Gasteiger charge is -2.11. The van der Waals surface area contributed by atoms with E-state index in [4.69, 9.17) is 0 Å². The van der Waals surface area contributed by atoms with Crippen LogP contribution in [0.15, 0.2) is 52.2 Å². The number of nitrogens with one attached hydrogen (secondary N) is 2. The third-order valence-corrected chi connectivity index (χ3v) is 4.76. The molecule has 4 heteroatoms. The Kier molecular flexibility index (Phi) is 5.11. The Balaban J connectivity index is 1.49. The molecule has 2 aromatic rings. The van der Waals surface area contributed by atoms with E-state index < -0.39 is 0 Å². The number of guanidine groups is 1. The molecule has 3 rings (SSSR count). The van der Waals surface area contributed by atoms with Crippen LogP contribution in [-0.4, -0.2) is 19.0 Å². The van der Waals surface area contributed by atoms with Crippen molar-refractivity contribution in [2.75, 3.05) is 13.1 Å². The Morgan fingerprint density at radius 1 is 1.23 bits per heavy atom. The van der Waals surface area contributed by atoms with Crippen LogP contribution in [0.2, 0.25) is 0 Å². The molecule has 1 heterocycles. The maximum atomic E-state index is 4.65. The van der Waals surface area contributed by atoms with Gasteiger partial charge in [0.1, 0.15) is 0 Å². The zero-order valence-corrected chi connectivity index (χ0v) is 13.8. The first kappa shape index (κ1) is 15.1. The summed E-state index contributed by atoms with van der Waals surface area (Å²) in [7, 11) is 0. The van der Waals surface area contributed by atoms with Gasteiger partial charge >= 0.3 is 0 Å². The van der Waals surface area contributed by atoms with Crippen molar-refractivity contribution in [1.82, 2.24) is 10.6 Å². The minimum atomic E-state index is 0.716. The molecule has 116 valence electrons. The van der Waals surface area contributed by atoms with Gasteiger partial charge in [-0.05, 0) is 53.1 Å². The maximum absolute atomic E-state index is 4.65. The van der Waals surface area contributed by atoms with E-state index in [1.165, 1.54) is 17.5 Å². The molecule has 3 nitrogen and oxygen atoms in total. The number of hydrogen-bond donors (Lipinski definition) is 2. The summed E-state index contributed by atoms with van der Waals surface area (Å²) in [4.78, 5) is 4.65. The standard InChI is InChI=1S/C18H23N3S/c1-2-19-18(20-11-14-8-9-22-13-14)21-12-16-10-17(16)15-6-4-3-5-7-15/h3-9,13,16-17H,2,10-12H2,1H3,(H2,19,20,21). The molecule has 0 spiro atoms. The zero-order valence-electron chi connectivity index (χ0n) is 13.0. The van der Waals surface area contributed by atoms with Crippen molar-refractivity contribution in [1.29, 1.82) is 0 Å². The summed E-state index contributed by atoms with van der Waals surface area (Å²) in [6.45, 7) is 4.73. The van der Waals surface area contributed by atoms with Crippen molar-refractivity contribution in [3.8, 4) is 0 Å². The van der Waals surface area contributed by atoms with E-state index in [-0.39, 0.29) is 0 Å². The van der Waals surface area contributed by atoms with Crippen LogP contribution in [0.5, 0.6) is 0 Å². The van der Waals surface area contributed by atoms with E-state index >= 15 is 0 Å². The van der Waals surface area contributed by atoms with Crippen molar-refractivity contribution >= 4 is 17.3 Å². The Morgan fingerprint density at radius 3 is 2.82 bits per heavy atom. The van der Waals surface area contributed by atoms with E-state index in [2.05, 4.69) is 69.7 Å². The molecular formula is C18H23N3S. The summed E-state index contributed by atoms with van der Waals surface area (Å²) >= 11 is 1.72.